The van der Waals surface area contributed by atoms with Crippen molar-refractivity contribution in [2.75, 3.05) is 52.4 Å². The number of nitrogens with zero attached hydrogens (tertiary/aromatic N) is 3. The molecule has 6 heteroatoms. The Morgan fingerprint density at radius 3 is 2.33 bits per heavy atom. The van der Waals surface area contributed by atoms with Gasteiger partial charge in [0.15, 0.2) is 0 Å². The number of ether oxygens (including phenoxy) is 1. The van der Waals surface area contributed by atoms with Crippen molar-refractivity contribution in [2.45, 2.75) is 25.9 Å². The summed E-state index contributed by atoms with van der Waals surface area (Å²) in [5.74, 6) is 0.758. The molecule has 3 aliphatic rings. The molecule has 0 aromatic carbocycles. The molecule has 1 atom stereocenters. The van der Waals surface area contributed by atoms with Gasteiger partial charge < -0.3 is 14.5 Å². The predicted molar refractivity (Wildman–Crippen MR) is 77.7 cm³/mol. The van der Waals surface area contributed by atoms with Gasteiger partial charge in [0.05, 0.1) is 19.3 Å². The fraction of sp³-hybridized carbons (Fsp3) is 0.867. The van der Waals surface area contributed by atoms with E-state index in [0.717, 1.165) is 25.9 Å². The van der Waals surface area contributed by atoms with Crippen LogP contribution in [0.3, 0.4) is 0 Å². The molecule has 1 aliphatic carbocycles. The highest BCUT2D eigenvalue weighted by atomic mass is 16.5. The number of morpholine rings is 1. The van der Waals surface area contributed by atoms with Crippen molar-refractivity contribution < 1.29 is 14.3 Å². The van der Waals surface area contributed by atoms with Crippen molar-refractivity contribution in [2.24, 2.45) is 5.92 Å². The molecule has 0 aromatic rings. The van der Waals surface area contributed by atoms with Crippen LogP contribution in [-0.4, -0.2) is 85.0 Å². The van der Waals surface area contributed by atoms with E-state index in [1.54, 1.807) is 0 Å². The fourth-order valence-electron chi connectivity index (χ4n) is 3.09. The van der Waals surface area contributed by atoms with Gasteiger partial charge in [-0.1, -0.05) is 0 Å². The molecule has 118 valence electrons. The zero-order valence-corrected chi connectivity index (χ0v) is 12.8. The number of hydrogen-bond acceptors (Lipinski definition) is 4. The molecule has 2 aliphatic heterocycles. The summed E-state index contributed by atoms with van der Waals surface area (Å²) in [6.07, 6.45) is 2.31. The van der Waals surface area contributed by atoms with Gasteiger partial charge in [-0.2, -0.15) is 0 Å². The Morgan fingerprint density at radius 1 is 1.05 bits per heavy atom. The summed E-state index contributed by atoms with van der Waals surface area (Å²) in [4.78, 5) is 30.3. The highest BCUT2D eigenvalue weighted by molar-refractivity contribution is 5.82. The normalized spacial score (nSPS) is 27.8. The minimum absolute atomic E-state index is 0.183. The van der Waals surface area contributed by atoms with Gasteiger partial charge in [0.25, 0.3) is 0 Å². The molecule has 21 heavy (non-hydrogen) atoms. The van der Waals surface area contributed by atoms with E-state index >= 15 is 0 Å². The molecule has 1 saturated carbocycles. The van der Waals surface area contributed by atoms with Gasteiger partial charge >= 0.3 is 0 Å². The first-order valence-corrected chi connectivity index (χ1v) is 8.04. The summed E-state index contributed by atoms with van der Waals surface area (Å²) < 4.78 is 5.49. The molecule has 6 nitrogen and oxygen atoms in total. The first-order valence-electron chi connectivity index (χ1n) is 8.04. The Bertz CT molecular complexity index is 403. The first kappa shape index (κ1) is 14.8. The number of hydrogen-bond donors (Lipinski definition) is 0. The largest absolute Gasteiger partial charge is 0.376 e. The zero-order valence-electron chi connectivity index (χ0n) is 12.8. The third-order valence-corrected chi connectivity index (χ3v) is 4.55. The molecule has 0 radical (unpaired) electrons. The fourth-order valence-corrected chi connectivity index (χ4v) is 3.09. The number of carbonyl (C=O) groups is 2. The van der Waals surface area contributed by atoms with E-state index in [0.29, 0.717) is 45.2 Å². The van der Waals surface area contributed by atoms with Crippen LogP contribution in [0.25, 0.3) is 0 Å². The predicted octanol–water partition coefficient (Wildman–Crippen LogP) is -0.212. The van der Waals surface area contributed by atoms with Gasteiger partial charge in [0.1, 0.15) is 0 Å². The van der Waals surface area contributed by atoms with Crippen molar-refractivity contribution in [3.63, 3.8) is 0 Å². The smallest absolute Gasteiger partial charge is 0.236 e. The number of amides is 2. The molecule has 0 spiro atoms. The van der Waals surface area contributed by atoms with E-state index in [1.807, 2.05) is 16.7 Å². The molecular formula is C15H25N3O3. The molecule has 2 amide bonds. The molecule has 2 heterocycles. The first-order chi connectivity index (χ1) is 10.1. The van der Waals surface area contributed by atoms with Crippen LogP contribution < -0.4 is 0 Å². The maximum absolute atomic E-state index is 12.3. The number of rotatable bonds is 3. The van der Waals surface area contributed by atoms with Crippen LogP contribution in [0, 0.1) is 5.92 Å². The Labute approximate surface area is 126 Å². The van der Waals surface area contributed by atoms with Crippen molar-refractivity contribution in [3.05, 3.63) is 0 Å². The van der Waals surface area contributed by atoms with Gasteiger partial charge in [-0.25, -0.2) is 0 Å². The van der Waals surface area contributed by atoms with Gasteiger partial charge in [0, 0.05) is 45.2 Å². The Hall–Kier alpha value is -1.14. The van der Waals surface area contributed by atoms with E-state index in [1.165, 1.54) is 0 Å². The summed E-state index contributed by atoms with van der Waals surface area (Å²) in [6, 6.07) is 0. The van der Waals surface area contributed by atoms with Crippen LogP contribution in [0.2, 0.25) is 0 Å². The average Bonchev–Trinajstić information content (AvgIpc) is 3.31. The Balaban J connectivity index is 1.43. The third kappa shape index (κ3) is 3.74. The van der Waals surface area contributed by atoms with E-state index in [4.69, 9.17) is 4.74 Å². The molecule has 0 N–H and O–H groups in total. The summed E-state index contributed by atoms with van der Waals surface area (Å²) in [6.45, 7) is 7.62. The topological polar surface area (TPSA) is 53.1 Å². The standard InChI is InChI=1S/C15H25N3O3/c1-12-10-16(8-9-21-12)11-14(19)17-4-6-18(7-5-17)15(20)13-2-3-13/h12-13H,2-11H2,1H3. The SMILES string of the molecule is CC1CN(CC(=O)N2CCN(C(=O)C3CC3)CC2)CCO1. The maximum Gasteiger partial charge on any atom is 0.236 e. The van der Waals surface area contributed by atoms with Gasteiger partial charge in [-0.3, -0.25) is 14.5 Å². The van der Waals surface area contributed by atoms with Crippen molar-refractivity contribution in [1.82, 2.24) is 14.7 Å². The lowest BCUT2D eigenvalue weighted by Gasteiger charge is -2.37. The maximum atomic E-state index is 12.3. The average molecular weight is 295 g/mol. The molecule has 2 saturated heterocycles. The van der Waals surface area contributed by atoms with E-state index < -0.39 is 0 Å². The molecule has 0 aromatic heterocycles. The van der Waals surface area contributed by atoms with E-state index in [9.17, 15) is 9.59 Å². The van der Waals surface area contributed by atoms with Crippen LogP contribution >= 0.6 is 0 Å². The highest BCUT2D eigenvalue weighted by Gasteiger charge is 2.35. The molecule has 3 rings (SSSR count). The van der Waals surface area contributed by atoms with E-state index in [2.05, 4.69) is 4.90 Å². The molecule has 1 unspecified atom stereocenters. The number of carbonyl (C=O) groups excluding carboxylic acids is 2. The zero-order chi connectivity index (χ0) is 14.8. The van der Waals surface area contributed by atoms with Gasteiger partial charge in [-0.15, -0.1) is 0 Å². The van der Waals surface area contributed by atoms with E-state index in [-0.39, 0.29) is 17.9 Å². The van der Waals surface area contributed by atoms with Gasteiger partial charge in [-0.05, 0) is 19.8 Å². The minimum Gasteiger partial charge on any atom is -0.376 e. The minimum atomic E-state index is 0.183. The number of piperazine rings is 1. The van der Waals surface area contributed by atoms with Crippen molar-refractivity contribution in [3.8, 4) is 0 Å². The van der Waals surface area contributed by atoms with Gasteiger partial charge in [0.2, 0.25) is 11.8 Å². The highest BCUT2D eigenvalue weighted by Crippen LogP contribution is 2.31. The molecule has 3 fully saturated rings. The Morgan fingerprint density at radius 2 is 1.71 bits per heavy atom. The summed E-state index contributed by atoms with van der Waals surface area (Å²) in [7, 11) is 0. The summed E-state index contributed by atoms with van der Waals surface area (Å²) in [5.41, 5.74) is 0. The Kier molecular flexibility index (Phi) is 4.45. The monoisotopic (exact) mass is 295 g/mol. The second-order valence-corrected chi connectivity index (χ2v) is 6.40. The van der Waals surface area contributed by atoms with Crippen molar-refractivity contribution in [1.29, 1.82) is 0 Å². The van der Waals surface area contributed by atoms with Crippen molar-refractivity contribution >= 4 is 11.8 Å². The van der Waals surface area contributed by atoms with Crippen LogP contribution in [0.5, 0.6) is 0 Å². The lowest BCUT2D eigenvalue weighted by molar-refractivity contribution is -0.141. The quantitative estimate of drug-likeness (QED) is 0.723. The third-order valence-electron chi connectivity index (χ3n) is 4.55. The van der Waals surface area contributed by atoms with Crippen LogP contribution in [0.4, 0.5) is 0 Å². The molecule has 0 bridgehead atoms. The lowest BCUT2D eigenvalue weighted by atomic mass is 10.2. The van der Waals surface area contributed by atoms with Crippen LogP contribution in [-0.2, 0) is 14.3 Å². The van der Waals surface area contributed by atoms with Crippen LogP contribution in [0.1, 0.15) is 19.8 Å². The second kappa shape index (κ2) is 6.32. The summed E-state index contributed by atoms with van der Waals surface area (Å²) in [5, 5.41) is 0. The molecular weight excluding hydrogens is 270 g/mol. The summed E-state index contributed by atoms with van der Waals surface area (Å²) >= 11 is 0. The van der Waals surface area contributed by atoms with Crippen LogP contribution in [0.15, 0.2) is 0 Å². The second-order valence-electron chi connectivity index (χ2n) is 6.40. The lowest BCUT2D eigenvalue weighted by Crippen LogP contribution is -2.54.